The third-order valence-electron chi connectivity index (χ3n) is 8.40. The molecule has 0 bridgehead atoms. The van der Waals surface area contributed by atoms with Crippen LogP contribution in [0.5, 0.6) is 46.0 Å². The van der Waals surface area contributed by atoms with E-state index in [-0.39, 0.29) is 57.3 Å². The van der Waals surface area contributed by atoms with E-state index in [4.69, 9.17) is 23.7 Å². The molecule has 54 heavy (non-hydrogen) atoms. The number of hydrogen-bond donors (Lipinski definition) is 5. The van der Waals surface area contributed by atoms with Gasteiger partial charge in [-0.2, -0.15) is 0 Å². The van der Waals surface area contributed by atoms with Crippen LogP contribution in [0, 0.1) is 5.92 Å². The summed E-state index contributed by atoms with van der Waals surface area (Å²) in [4.78, 5) is 27.7. The van der Waals surface area contributed by atoms with Crippen molar-refractivity contribution >= 4 is 29.8 Å². The highest BCUT2D eigenvalue weighted by Gasteiger charge is 2.43. The fraction of sp³-hybridized carbons (Fsp3) is 0.143. The summed E-state index contributed by atoms with van der Waals surface area (Å²) in [5.74, 6) is -2.30. The summed E-state index contributed by atoms with van der Waals surface area (Å²) in [6, 6.07) is 18.1. The Bertz CT molecular complexity index is 2210. The lowest BCUT2D eigenvalue weighted by atomic mass is 9.85. The number of methoxy groups -OCH3 is 4. The molecule has 1 fully saturated rings. The van der Waals surface area contributed by atoms with Gasteiger partial charge in [-0.3, -0.25) is 9.59 Å². The van der Waals surface area contributed by atoms with Crippen LogP contribution in [0.25, 0.3) is 18.2 Å². The number of carbonyl (C=O) groups is 2. The molecule has 0 aliphatic carbocycles. The van der Waals surface area contributed by atoms with Crippen molar-refractivity contribution in [3.63, 3.8) is 0 Å². The second kappa shape index (κ2) is 17.0. The molecule has 278 valence electrons. The highest BCUT2D eigenvalue weighted by molar-refractivity contribution is 6.04. The van der Waals surface area contributed by atoms with Gasteiger partial charge in [0.1, 0.15) is 17.6 Å². The number of allylic oxidation sites excluding steroid dienone is 5. The number of hydrogen-bond acceptors (Lipinski definition) is 12. The van der Waals surface area contributed by atoms with Crippen LogP contribution < -0.4 is 18.9 Å². The largest absolute Gasteiger partial charge is 0.508 e. The maximum absolute atomic E-state index is 14.3. The van der Waals surface area contributed by atoms with E-state index in [1.54, 1.807) is 48.5 Å². The molecular formula is C42H38O12. The lowest BCUT2D eigenvalue weighted by molar-refractivity contribution is -0.119. The maximum Gasteiger partial charge on any atom is 0.182 e. The normalized spacial score (nSPS) is 17.2. The van der Waals surface area contributed by atoms with Crippen molar-refractivity contribution in [2.24, 2.45) is 5.92 Å². The van der Waals surface area contributed by atoms with Crippen LogP contribution >= 0.6 is 0 Å². The zero-order chi connectivity index (χ0) is 38.9. The van der Waals surface area contributed by atoms with Crippen LogP contribution in [-0.4, -0.2) is 65.5 Å². The molecule has 0 saturated carbocycles. The van der Waals surface area contributed by atoms with Crippen LogP contribution in [0.15, 0.2) is 114 Å². The molecule has 0 aromatic heterocycles. The number of ketones is 2. The molecule has 0 amide bonds. The number of phenols is 4. The van der Waals surface area contributed by atoms with Crippen LogP contribution in [-0.2, 0) is 14.3 Å². The van der Waals surface area contributed by atoms with Gasteiger partial charge >= 0.3 is 0 Å². The lowest BCUT2D eigenvalue weighted by Gasteiger charge is -2.18. The first-order chi connectivity index (χ1) is 25.9. The molecule has 4 aromatic carbocycles. The number of ether oxygens (including phenoxy) is 5. The van der Waals surface area contributed by atoms with Gasteiger partial charge in [0, 0.05) is 17.7 Å². The molecule has 1 aliphatic heterocycles. The predicted octanol–water partition coefficient (Wildman–Crippen LogP) is 7.21. The van der Waals surface area contributed by atoms with Gasteiger partial charge < -0.3 is 49.2 Å². The minimum absolute atomic E-state index is 0.0370. The summed E-state index contributed by atoms with van der Waals surface area (Å²) in [5.41, 5.74) is 2.30. The molecular weight excluding hydrogens is 696 g/mol. The van der Waals surface area contributed by atoms with Gasteiger partial charge in [-0.1, -0.05) is 36.4 Å². The van der Waals surface area contributed by atoms with Crippen molar-refractivity contribution in [1.29, 1.82) is 0 Å². The Morgan fingerprint density at radius 3 is 1.63 bits per heavy atom. The van der Waals surface area contributed by atoms with Crippen LogP contribution in [0.3, 0.4) is 0 Å². The van der Waals surface area contributed by atoms with Gasteiger partial charge in [-0.15, -0.1) is 0 Å². The molecule has 1 aliphatic rings. The van der Waals surface area contributed by atoms with Gasteiger partial charge in [0.05, 0.1) is 34.4 Å². The number of aliphatic hydroxyl groups is 1. The number of phenolic OH excluding ortho intramolecular Hbond substituents is 4. The van der Waals surface area contributed by atoms with E-state index >= 15 is 0 Å². The average Bonchev–Trinajstić information content (AvgIpc) is 3.51. The third kappa shape index (κ3) is 8.86. The van der Waals surface area contributed by atoms with Crippen LogP contribution in [0.2, 0.25) is 0 Å². The van der Waals surface area contributed by atoms with E-state index in [0.717, 1.165) is 6.08 Å². The van der Waals surface area contributed by atoms with Crippen LogP contribution in [0.4, 0.5) is 0 Å². The van der Waals surface area contributed by atoms with Gasteiger partial charge in [-0.05, 0) is 89.0 Å². The summed E-state index contributed by atoms with van der Waals surface area (Å²) in [6.45, 7) is 0. The van der Waals surface area contributed by atoms with Crippen molar-refractivity contribution in [2.45, 2.75) is 6.10 Å². The van der Waals surface area contributed by atoms with E-state index in [1.165, 1.54) is 89.2 Å². The zero-order valence-electron chi connectivity index (χ0n) is 29.7. The first-order valence-corrected chi connectivity index (χ1v) is 16.4. The van der Waals surface area contributed by atoms with Crippen LogP contribution in [0.1, 0.15) is 28.4 Å². The van der Waals surface area contributed by atoms with E-state index < -0.39 is 29.3 Å². The number of rotatable bonds is 13. The lowest BCUT2D eigenvalue weighted by Crippen LogP contribution is -2.18. The highest BCUT2D eigenvalue weighted by atomic mass is 16.5. The second-order valence-electron chi connectivity index (χ2n) is 11.9. The standard InChI is InChI=1S/C42H38O12/c1-50-37-18-24(7-13-31(37)45)5-11-28(43)22-35(49)41-30(17-26-9-15-33(47)39(20-26)52-3)36(54-42(41)27-10-16-34(48)40(21-27)53-4)23-29(44)12-6-25-8-14-32(46)38(19-25)51-2/h5-23,41-43,45-48H,1-4H3/b11-5+,12-6+,28-22-,30-17+,36-23-. The van der Waals surface area contributed by atoms with Gasteiger partial charge in [0.2, 0.25) is 0 Å². The average molecular weight is 735 g/mol. The van der Waals surface area contributed by atoms with Crippen molar-refractivity contribution < 1.29 is 58.8 Å². The van der Waals surface area contributed by atoms with Gasteiger partial charge in [-0.25, -0.2) is 0 Å². The fourth-order valence-corrected chi connectivity index (χ4v) is 5.68. The molecule has 0 radical (unpaired) electrons. The molecule has 12 heteroatoms. The number of aliphatic hydroxyl groups excluding tert-OH is 1. The molecule has 12 nitrogen and oxygen atoms in total. The number of carbonyl (C=O) groups excluding carboxylic acids is 2. The Hall–Kier alpha value is -7.08. The smallest absolute Gasteiger partial charge is 0.182 e. The molecule has 5 N–H and O–H groups in total. The zero-order valence-corrected chi connectivity index (χ0v) is 29.7. The van der Waals surface area contributed by atoms with E-state index in [2.05, 4.69) is 0 Å². The van der Waals surface area contributed by atoms with Gasteiger partial charge in [0.15, 0.2) is 57.6 Å². The molecule has 4 aromatic rings. The van der Waals surface area contributed by atoms with Crippen molar-refractivity contribution in [3.05, 3.63) is 136 Å². The predicted molar refractivity (Wildman–Crippen MR) is 201 cm³/mol. The monoisotopic (exact) mass is 734 g/mol. The molecule has 0 spiro atoms. The van der Waals surface area contributed by atoms with E-state index in [9.17, 15) is 35.1 Å². The summed E-state index contributed by atoms with van der Waals surface area (Å²) >= 11 is 0. The Kier molecular flexibility index (Phi) is 12.0. The minimum Gasteiger partial charge on any atom is -0.508 e. The SMILES string of the molecule is COc1cc(/C=C2\C(=C\C(=O)/C=C/c3ccc(O)c(OC)c3)OC(c3ccc(O)c(OC)c3)C2C(=O)/C=C(O)/C=C/c2ccc(O)c(OC)c2)ccc1O. The van der Waals surface area contributed by atoms with Gasteiger partial charge in [0.25, 0.3) is 0 Å². The van der Waals surface area contributed by atoms with Crippen molar-refractivity contribution in [2.75, 3.05) is 28.4 Å². The maximum atomic E-state index is 14.3. The summed E-state index contributed by atoms with van der Waals surface area (Å²) in [6.07, 6.45) is 8.41. The summed E-state index contributed by atoms with van der Waals surface area (Å²) in [5, 5.41) is 51.4. The summed E-state index contributed by atoms with van der Waals surface area (Å²) in [7, 11) is 5.57. The molecule has 2 atom stereocenters. The van der Waals surface area contributed by atoms with E-state index in [1.807, 2.05) is 0 Å². The first kappa shape index (κ1) is 38.2. The molecule has 1 heterocycles. The number of aromatic hydroxyl groups is 4. The summed E-state index contributed by atoms with van der Waals surface area (Å²) < 4.78 is 27.3. The Morgan fingerprint density at radius 1 is 0.630 bits per heavy atom. The Morgan fingerprint density at radius 2 is 1.09 bits per heavy atom. The Labute approximate surface area is 311 Å². The molecule has 1 saturated heterocycles. The quantitative estimate of drug-likeness (QED) is 0.0530. The second-order valence-corrected chi connectivity index (χ2v) is 11.9. The topological polar surface area (TPSA) is 181 Å². The minimum atomic E-state index is -1.16. The molecule has 5 rings (SSSR count). The first-order valence-electron chi connectivity index (χ1n) is 16.4. The fourth-order valence-electron chi connectivity index (χ4n) is 5.68. The Balaban J connectivity index is 1.62. The van der Waals surface area contributed by atoms with E-state index in [0.29, 0.717) is 22.3 Å². The third-order valence-corrected chi connectivity index (χ3v) is 8.40. The molecule has 2 unspecified atom stereocenters. The van der Waals surface area contributed by atoms with Crippen molar-refractivity contribution in [3.8, 4) is 46.0 Å². The van der Waals surface area contributed by atoms with Crippen molar-refractivity contribution in [1.82, 2.24) is 0 Å². The number of benzene rings is 4. The highest BCUT2D eigenvalue weighted by Crippen LogP contribution is 2.47.